The number of anilines is 2. The first kappa shape index (κ1) is 24.3. The van der Waals surface area contributed by atoms with E-state index in [9.17, 15) is 22.8 Å². The number of benzene rings is 3. The highest BCUT2D eigenvalue weighted by Crippen LogP contribution is 2.28. The fourth-order valence-corrected chi connectivity index (χ4v) is 3.77. The smallest absolute Gasteiger partial charge is 0.329 e. The third-order valence-electron chi connectivity index (χ3n) is 5.22. The molecule has 1 heterocycles. The first-order valence-electron chi connectivity index (χ1n) is 10.6. The monoisotopic (exact) mass is 500 g/mol. The normalized spacial score (nSPS) is 15.4. The summed E-state index contributed by atoms with van der Waals surface area (Å²) in [6.45, 7) is -1.44. The molecule has 3 amide bonds. The van der Waals surface area contributed by atoms with Crippen LogP contribution in [0.1, 0.15) is 16.7 Å². The van der Waals surface area contributed by atoms with E-state index in [-0.39, 0.29) is 5.91 Å². The van der Waals surface area contributed by atoms with Gasteiger partial charge in [-0.1, -0.05) is 54.1 Å². The van der Waals surface area contributed by atoms with Crippen molar-refractivity contribution in [3.63, 3.8) is 0 Å². The Bertz CT molecular complexity index is 1260. The van der Waals surface area contributed by atoms with E-state index in [1.165, 1.54) is 0 Å². The Morgan fingerprint density at radius 3 is 2.43 bits per heavy atom. The second kappa shape index (κ2) is 10.2. The molecule has 35 heavy (non-hydrogen) atoms. The van der Waals surface area contributed by atoms with Crippen molar-refractivity contribution < 1.29 is 22.8 Å². The highest BCUT2D eigenvalue weighted by atomic mass is 35.5. The van der Waals surface area contributed by atoms with Gasteiger partial charge in [0.25, 0.3) is 0 Å². The van der Waals surface area contributed by atoms with Crippen molar-refractivity contribution in [2.45, 2.75) is 18.6 Å². The Morgan fingerprint density at radius 1 is 1.03 bits per heavy atom. The lowest BCUT2D eigenvalue weighted by Crippen LogP contribution is -2.36. The molecule has 0 saturated carbocycles. The van der Waals surface area contributed by atoms with E-state index >= 15 is 0 Å². The molecule has 3 N–H and O–H groups in total. The number of nitrogens with one attached hydrogen (secondary N) is 3. The average Bonchev–Trinajstić information content (AvgIpc) is 2.95. The van der Waals surface area contributed by atoms with Crippen molar-refractivity contribution >= 4 is 40.6 Å². The maximum absolute atomic E-state index is 13.0. The van der Waals surface area contributed by atoms with Gasteiger partial charge in [-0.3, -0.25) is 9.79 Å². The molecule has 3 aromatic rings. The summed E-state index contributed by atoms with van der Waals surface area (Å²) in [6, 6.07) is 19.3. The molecule has 180 valence electrons. The number of nitrogens with zero attached hydrogens (tertiary/aromatic N) is 1. The minimum Gasteiger partial charge on any atom is -0.329 e. The number of hydrogen-bond donors (Lipinski definition) is 3. The van der Waals surface area contributed by atoms with Crippen LogP contribution in [0.3, 0.4) is 0 Å². The molecule has 1 aliphatic heterocycles. The maximum atomic E-state index is 13.0. The zero-order chi connectivity index (χ0) is 25.0. The fraction of sp³-hybridized carbons (Fsp3) is 0.160. The Labute approximate surface area is 204 Å². The van der Waals surface area contributed by atoms with Crippen molar-refractivity contribution in [1.29, 1.82) is 0 Å². The van der Waals surface area contributed by atoms with E-state index in [4.69, 9.17) is 16.6 Å². The van der Waals surface area contributed by atoms with Crippen molar-refractivity contribution in [1.82, 2.24) is 5.32 Å². The van der Waals surface area contributed by atoms with Gasteiger partial charge in [0.05, 0.1) is 11.4 Å². The number of halogens is 4. The predicted molar refractivity (Wildman–Crippen MR) is 129 cm³/mol. The van der Waals surface area contributed by atoms with Gasteiger partial charge in [0.2, 0.25) is 5.91 Å². The molecule has 0 saturated heterocycles. The number of fused-ring (bicyclic) bond motifs is 1. The predicted octanol–water partition coefficient (Wildman–Crippen LogP) is 5.42. The summed E-state index contributed by atoms with van der Waals surface area (Å²) in [4.78, 5) is 29.5. The lowest BCUT2D eigenvalue weighted by molar-refractivity contribution is -0.122. The molecule has 0 aliphatic carbocycles. The SMILES string of the molecule is O=C(NCC(F)(F)F)Nc1ccc(C2=NC(Cc3ccccc3)C(=O)Nc3ccc(Cl)cc32)cc1. The highest BCUT2D eigenvalue weighted by molar-refractivity contribution is 6.32. The van der Waals surface area contributed by atoms with Gasteiger partial charge < -0.3 is 16.0 Å². The molecule has 3 aromatic carbocycles. The summed E-state index contributed by atoms with van der Waals surface area (Å²) in [5.74, 6) is -0.257. The molecule has 0 spiro atoms. The number of carbonyl (C=O) groups excluding carboxylic acids is 2. The maximum Gasteiger partial charge on any atom is 0.405 e. The van der Waals surface area contributed by atoms with Gasteiger partial charge in [-0.15, -0.1) is 0 Å². The zero-order valence-corrected chi connectivity index (χ0v) is 19.0. The van der Waals surface area contributed by atoms with E-state index in [0.29, 0.717) is 39.7 Å². The molecule has 10 heteroatoms. The molecule has 0 fully saturated rings. The van der Waals surface area contributed by atoms with Gasteiger partial charge in [0.15, 0.2) is 0 Å². The van der Waals surface area contributed by atoms with E-state index in [1.54, 1.807) is 47.8 Å². The molecule has 0 aromatic heterocycles. The number of urea groups is 1. The lowest BCUT2D eigenvalue weighted by Gasteiger charge is -2.13. The molecule has 0 bridgehead atoms. The quantitative estimate of drug-likeness (QED) is 0.437. The van der Waals surface area contributed by atoms with E-state index in [1.807, 2.05) is 30.3 Å². The zero-order valence-electron chi connectivity index (χ0n) is 18.2. The third-order valence-corrected chi connectivity index (χ3v) is 5.45. The Hall–Kier alpha value is -3.85. The minimum absolute atomic E-state index is 0.257. The summed E-state index contributed by atoms with van der Waals surface area (Å²) in [7, 11) is 0. The van der Waals surface area contributed by atoms with Crippen LogP contribution in [0.5, 0.6) is 0 Å². The Morgan fingerprint density at radius 2 is 1.74 bits per heavy atom. The van der Waals surface area contributed by atoms with Crippen LogP contribution in [0.25, 0.3) is 0 Å². The standard InChI is InChI=1S/C25H20ClF3N4O2/c26-17-8-11-20-19(13-17)22(32-21(23(34)33-20)12-15-4-2-1-3-5-15)16-6-9-18(10-7-16)31-24(35)30-14-25(27,28)29/h1-11,13,21H,12,14H2,(H,33,34)(H2,30,31,35). The average molecular weight is 501 g/mol. The Balaban J connectivity index is 1.63. The molecule has 6 nitrogen and oxygen atoms in total. The second-order valence-electron chi connectivity index (χ2n) is 7.86. The molecule has 1 atom stereocenters. The van der Waals surface area contributed by atoms with Crippen molar-refractivity contribution in [3.8, 4) is 0 Å². The van der Waals surface area contributed by atoms with Gasteiger partial charge in [-0.05, 0) is 35.9 Å². The molecular weight excluding hydrogens is 481 g/mol. The summed E-state index contributed by atoms with van der Waals surface area (Å²) in [6.07, 6.45) is -4.12. The number of carbonyl (C=O) groups is 2. The van der Waals surface area contributed by atoms with Crippen LogP contribution >= 0.6 is 11.6 Å². The largest absolute Gasteiger partial charge is 0.405 e. The molecule has 0 radical (unpaired) electrons. The van der Waals surface area contributed by atoms with Gasteiger partial charge in [0.1, 0.15) is 12.6 Å². The van der Waals surface area contributed by atoms with Gasteiger partial charge in [-0.2, -0.15) is 13.2 Å². The van der Waals surface area contributed by atoms with Crippen molar-refractivity contribution in [3.05, 3.63) is 94.5 Å². The fourth-order valence-electron chi connectivity index (χ4n) is 3.59. The van der Waals surface area contributed by atoms with Crippen LogP contribution in [-0.2, 0) is 11.2 Å². The topological polar surface area (TPSA) is 82.6 Å². The Kier molecular flexibility index (Phi) is 7.07. The van der Waals surface area contributed by atoms with Gasteiger partial charge in [-0.25, -0.2) is 4.79 Å². The summed E-state index contributed by atoms with van der Waals surface area (Å²) < 4.78 is 36.9. The van der Waals surface area contributed by atoms with Crippen LogP contribution < -0.4 is 16.0 Å². The number of aliphatic imine (C=N–C) groups is 1. The van der Waals surface area contributed by atoms with Crippen LogP contribution in [0.15, 0.2) is 77.8 Å². The molecule has 1 aliphatic rings. The van der Waals surface area contributed by atoms with Gasteiger partial charge in [0, 0.05) is 28.3 Å². The highest BCUT2D eigenvalue weighted by Gasteiger charge is 2.28. The number of amides is 3. The van der Waals surface area contributed by atoms with E-state index in [2.05, 4.69) is 10.6 Å². The van der Waals surface area contributed by atoms with Gasteiger partial charge >= 0.3 is 12.2 Å². The van der Waals surface area contributed by atoms with Crippen molar-refractivity contribution in [2.75, 3.05) is 17.2 Å². The molecule has 1 unspecified atom stereocenters. The van der Waals surface area contributed by atoms with E-state index < -0.39 is 24.8 Å². The summed E-state index contributed by atoms with van der Waals surface area (Å²) in [5.41, 5.74) is 3.60. The third kappa shape index (κ3) is 6.39. The van der Waals surface area contributed by atoms with Crippen LogP contribution in [0.4, 0.5) is 29.3 Å². The van der Waals surface area contributed by atoms with Crippen molar-refractivity contribution in [2.24, 2.45) is 4.99 Å². The molecule has 4 rings (SSSR count). The van der Waals surface area contributed by atoms with Crippen LogP contribution in [0, 0.1) is 0 Å². The first-order valence-corrected chi connectivity index (χ1v) is 11.0. The minimum atomic E-state index is -4.50. The summed E-state index contributed by atoms with van der Waals surface area (Å²) in [5, 5.41) is 7.49. The first-order chi connectivity index (χ1) is 16.7. The second-order valence-corrected chi connectivity index (χ2v) is 8.30. The van der Waals surface area contributed by atoms with E-state index in [0.717, 1.165) is 5.56 Å². The summed E-state index contributed by atoms with van der Waals surface area (Å²) >= 11 is 6.23. The lowest BCUT2D eigenvalue weighted by atomic mass is 10.00. The number of alkyl halides is 3. The molecular formula is C25H20ClF3N4O2. The van der Waals surface area contributed by atoms with Crippen LogP contribution in [0.2, 0.25) is 5.02 Å². The number of hydrogen-bond acceptors (Lipinski definition) is 3. The number of rotatable bonds is 5. The number of benzodiazepines with no additional fused rings is 1. The van der Waals surface area contributed by atoms with Crippen LogP contribution in [-0.4, -0.2) is 36.4 Å².